The van der Waals surface area contributed by atoms with Crippen molar-refractivity contribution in [2.24, 2.45) is 0 Å². The predicted octanol–water partition coefficient (Wildman–Crippen LogP) is 4.75. The van der Waals surface area contributed by atoms with Crippen molar-refractivity contribution in [3.63, 3.8) is 0 Å². The molecule has 0 fully saturated rings. The topological polar surface area (TPSA) is 58.2 Å². The Kier molecular flexibility index (Phi) is 8.01. The molecule has 3 aromatic rings. The molecule has 150 valence electrons. The van der Waals surface area contributed by atoms with Gasteiger partial charge in [-0.25, -0.2) is 0 Å². The van der Waals surface area contributed by atoms with Crippen LogP contribution < -0.4 is 10.6 Å². The molecule has 3 rings (SSSR count). The highest BCUT2D eigenvalue weighted by Crippen LogP contribution is 2.20. The number of nitrogens with one attached hydrogen (secondary N) is 2. The lowest BCUT2D eigenvalue weighted by Gasteiger charge is -2.19. The summed E-state index contributed by atoms with van der Waals surface area (Å²) in [6.07, 6.45) is 3.10. The first kappa shape index (κ1) is 20.8. The highest BCUT2D eigenvalue weighted by atomic mass is 32.1. The lowest BCUT2D eigenvalue weighted by Crippen LogP contribution is -2.33. The van der Waals surface area contributed by atoms with Gasteiger partial charge in [0.05, 0.1) is 6.04 Å². The summed E-state index contributed by atoms with van der Waals surface area (Å²) in [5, 5.41) is 9.60. The molecule has 0 spiro atoms. The number of hydrogen-bond donors (Lipinski definition) is 2. The summed E-state index contributed by atoms with van der Waals surface area (Å²) in [6, 6.07) is 22.2. The first-order chi connectivity index (χ1) is 14.2. The number of aryl methyl sites for hydroxylation is 1. The lowest BCUT2D eigenvalue weighted by atomic mass is 9.99. The molecule has 0 aliphatic heterocycles. The minimum Gasteiger partial charge on any atom is -0.351 e. The first-order valence-electron chi connectivity index (χ1n) is 9.91. The molecule has 2 aromatic carbocycles. The van der Waals surface area contributed by atoms with Crippen LogP contribution in [0.5, 0.6) is 0 Å². The van der Waals surface area contributed by atoms with Gasteiger partial charge in [0, 0.05) is 23.9 Å². The summed E-state index contributed by atoms with van der Waals surface area (Å²) in [4.78, 5) is 24.4. The number of amides is 2. The molecule has 1 aromatic heterocycles. The minimum atomic E-state index is -0.137. The average Bonchev–Trinajstić information content (AvgIpc) is 3.29. The van der Waals surface area contributed by atoms with Crippen molar-refractivity contribution < 1.29 is 9.59 Å². The van der Waals surface area contributed by atoms with Crippen molar-refractivity contribution in [3.8, 4) is 0 Å². The van der Waals surface area contributed by atoms with Crippen LogP contribution in [-0.2, 0) is 11.2 Å². The van der Waals surface area contributed by atoms with Crippen molar-refractivity contribution in [1.82, 2.24) is 10.6 Å². The van der Waals surface area contributed by atoms with Crippen LogP contribution in [0.2, 0.25) is 0 Å². The molecule has 2 N–H and O–H groups in total. The third kappa shape index (κ3) is 6.88. The van der Waals surface area contributed by atoms with Crippen LogP contribution in [0.1, 0.15) is 46.8 Å². The molecular weight excluding hydrogens is 380 g/mol. The van der Waals surface area contributed by atoms with Gasteiger partial charge in [0.25, 0.3) is 5.91 Å². The summed E-state index contributed by atoms with van der Waals surface area (Å²) in [6.45, 7) is 0.325. The third-order valence-corrected chi connectivity index (χ3v) is 5.44. The zero-order valence-corrected chi connectivity index (χ0v) is 17.2. The van der Waals surface area contributed by atoms with Gasteiger partial charge < -0.3 is 10.6 Å². The molecule has 1 atom stereocenters. The van der Waals surface area contributed by atoms with Crippen molar-refractivity contribution in [3.05, 3.63) is 94.2 Å². The SMILES string of the molecule is O=C(CCNC(=O)c1ccsc1)NC(CCCc1ccccc1)c1ccccc1. The van der Waals surface area contributed by atoms with E-state index >= 15 is 0 Å². The van der Waals surface area contributed by atoms with Crippen LogP contribution in [0.4, 0.5) is 0 Å². The molecular formula is C24H26N2O2S. The van der Waals surface area contributed by atoms with E-state index in [-0.39, 0.29) is 24.3 Å². The Bertz CT molecular complexity index is 880. The summed E-state index contributed by atoms with van der Waals surface area (Å²) >= 11 is 1.48. The van der Waals surface area contributed by atoms with E-state index in [9.17, 15) is 9.59 Å². The first-order valence-corrected chi connectivity index (χ1v) is 10.9. The molecule has 0 aliphatic carbocycles. The Hall–Kier alpha value is -2.92. The second kappa shape index (κ2) is 11.2. The van der Waals surface area contributed by atoms with Gasteiger partial charge >= 0.3 is 0 Å². The summed E-state index contributed by atoms with van der Waals surface area (Å²) in [7, 11) is 0. The Labute approximate surface area is 176 Å². The van der Waals surface area contributed by atoms with Crippen LogP contribution in [0, 0.1) is 0 Å². The van der Waals surface area contributed by atoms with E-state index in [2.05, 4.69) is 34.9 Å². The summed E-state index contributed by atoms with van der Waals surface area (Å²) in [5.74, 6) is -0.189. The fourth-order valence-electron chi connectivity index (χ4n) is 3.21. The summed E-state index contributed by atoms with van der Waals surface area (Å²) < 4.78 is 0. The van der Waals surface area contributed by atoms with E-state index in [0.717, 1.165) is 24.8 Å². The van der Waals surface area contributed by atoms with Crippen LogP contribution in [-0.4, -0.2) is 18.4 Å². The molecule has 0 bridgehead atoms. The maximum absolute atomic E-state index is 12.5. The van der Waals surface area contributed by atoms with E-state index in [0.29, 0.717) is 12.1 Å². The van der Waals surface area contributed by atoms with Gasteiger partial charge in [-0.05, 0) is 41.8 Å². The standard InChI is InChI=1S/C24H26N2O2S/c27-23(14-16-25-24(28)21-15-17-29-18-21)26-22(20-11-5-2-6-12-20)13-7-10-19-8-3-1-4-9-19/h1-6,8-9,11-12,15,17-18,22H,7,10,13-14,16H2,(H,25,28)(H,26,27). The molecule has 1 unspecified atom stereocenters. The molecule has 5 heteroatoms. The molecule has 2 amide bonds. The largest absolute Gasteiger partial charge is 0.351 e. The number of carbonyl (C=O) groups excluding carboxylic acids is 2. The zero-order chi connectivity index (χ0) is 20.3. The van der Waals surface area contributed by atoms with E-state index in [1.807, 2.05) is 41.8 Å². The highest BCUT2D eigenvalue weighted by Gasteiger charge is 2.15. The van der Waals surface area contributed by atoms with E-state index < -0.39 is 0 Å². The molecule has 4 nitrogen and oxygen atoms in total. The van der Waals surface area contributed by atoms with Crippen LogP contribution in [0.25, 0.3) is 0 Å². The third-order valence-electron chi connectivity index (χ3n) is 4.76. The second-order valence-corrected chi connectivity index (χ2v) is 7.71. The number of carbonyl (C=O) groups is 2. The van der Waals surface area contributed by atoms with E-state index in [1.54, 1.807) is 11.4 Å². The van der Waals surface area contributed by atoms with Crippen molar-refractivity contribution in [2.75, 3.05) is 6.54 Å². The number of rotatable bonds is 10. The number of benzene rings is 2. The van der Waals surface area contributed by atoms with E-state index in [4.69, 9.17) is 0 Å². The molecule has 0 saturated heterocycles. The fraction of sp³-hybridized carbons (Fsp3) is 0.250. The van der Waals surface area contributed by atoms with Gasteiger partial charge in [-0.2, -0.15) is 11.3 Å². The average molecular weight is 407 g/mol. The normalized spacial score (nSPS) is 11.6. The molecule has 0 saturated carbocycles. The molecule has 0 radical (unpaired) electrons. The Morgan fingerprint density at radius 2 is 1.66 bits per heavy atom. The van der Waals surface area contributed by atoms with Gasteiger partial charge in [0.15, 0.2) is 0 Å². The van der Waals surface area contributed by atoms with Crippen LogP contribution in [0.15, 0.2) is 77.5 Å². The Morgan fingerprint density at radius 3 is 2.34 bits per heavy atom. The Balaban J connectivity index is 1.49. The second-order valence-electron chi connectivity index (χ2n) is 6.93. The molecule has 1 heterocycles. The van der Waals surface area contributed by atoms with Crippen molar-refractivity contribution in [1.29, 1.82) is 0 Å². The van der Waals surface area contributed by atoms with Gasteiger partial charge in [-0.15, -0.1) is 0 Å². The molecule has 0 aliphatic rings. The molecule has 29 heavy (non-hydrogen) atoms. The van der Waals surface area contributed by atoms with Gasteiger partial charge in [-0.1, -0.05) is 60.7 Å². The van der Waals surface area contributed by atoms with Gasteiger partial charge in [0.1, 0.15) is 0 Å². The van der Waals surface area contributed by atoms with Crippen molar-refractivity contribution >= 4 is 23.2 Å². The quantitative estimate of drug-likeness (QED) is 0.510. The smallest absolute Gasteiger partial charge is 0.252 e. The van der Waals surface area contributed by atoms with Gasteiger partial charge in [-0.3, -0.25) is 9.59 Å². The number of hydrogen-bond acceptors (Lipinski definition) is 3. The maximum Gasteiger partial charge on any atom is 0.252 e. The van der Waals surface area contributed by atoms with Crippen LogP contribution in [0.3, 0.4) is 0 Å². The number of thiophene rings is 1. The van der Waals surface area contributed by atoms with Gasteiger partial charge in [0.2, 0.25) is 5.91 Å². The fourth-order valence-corrected chi connectivity index (χ4v) is 3.85. The zero-order valence-electron chi connectivity index (χ0n) is 16.3. The highest BCUT2D eigenvalue weighted by molar-refractivity contribution is 7.08. The Morgan fingerprint density at radius 1 is 0.931 bits per heavy atom. The monoisotopic (exact) mass is 406 g/mol. The maximum atomic E-state index is 12.5. The van der Waals surface area contributed by atoms with Crippen molar-refractivity contribution in [2.45, 2.75) is 31.7 Å². The lowest BCUT2D eigenvalue weighted by molar-refractivity contribution is -0.121. The predicted molar refractivity (Wildman–Crippen MR) is 118 cm³/mol. The van der Waals surface area contributed by atoms with Crippen LogP contribution >= 0.6 is 11.3 Å². The van der Waals surface area contributed by atoms with E-state index in [1.165, 1.54) is 16.9 Å². The summed E-state index contributed by atoms with van der Waals surface area (Å²) in [5.41, 5.74) is 3.05. The minimum absolute atomic E-state index is 0.0278.